The molecule has 0 saturated carbocycles. The van der Waals surface area contributed by atoms with E-state index < -0.39 is 12.0 Å². The number of carbonyl (C=O) groups excluding carboxylic acids is 1. The predicted molar refractivity (Wildman–Crippen MR) is 37.2 cm³/mol. The number of hydrazine groups is 1. The monoisotopic (exact) mass is 159 g/mol. The van der Waals surface area contributed by atoms with Gasteiger partial charge in [0.2, 0.25) is 0 Å². The Morgan fingerprint density at radius 3 is 2.45 bits per heavy atom. The van der Waals surface area contributed by atoms with Gasteiger partial charge in [0.05, 0.1) is 5.57 Å². The maximum Gasteiger partial charge on any atom is 0.332 e. The molecule has 0 saturated heterocycles. The van der Waals surface area contributed by atoms with E-state index in [9.17, 15) is 9.59 Å². The third kappa shape index (κ3) is 4.76. The van der Waals surface area contributed by atoms with Crippen molar-refractivity contribution in [3.05, 3.63) is 11.8 Å². The summed E-state index contributed by atoms with van der Waals surface area (Å²) in [7, 11) is 0. The van der Waals surface area contributed by atoms with Gasteiger partial charge in [-0.15, -0.1) is 0 Å². The molecule has 62 valence electrons. The highest BCUT2D eigenvalue weighted by Gasteiger charge is 1.97. The highest BCUT2D eigenvalue weighted by molar-refractivity contribution is 5.85. The number of primary amides is 1. The van der Waals surface area contributed by atoms with Crippen LogP contribution >= 0.6 is 0 Å². The number of aliphatic carboxylic acids is 1. The zero-order valence-corrected chi connectivity index (χ0v) is 5.92. The van der Waals surface area contributed by atoms with Crippen LogP contribution in [0.2, 0.25) is 0 Å². The molecular weight excluding hydrogens is 150 g/mol. The van der Waals surface area contributed by atoms with Gasteiger partial charge in [-0.2, -0.15) is 0 Å². The number of hydrogen-bond donors (Lipinski definition) is 4. The van der Waals surface area contributed by atoms with E-state index in [-0.39, 0.29) is 5.57 Å². The van der Waals surface area contributed by atoms with Crippen molar-refractivity contribution in [1.29, 1.82) is 0 Å². The van der Waals surface area contributed by atoms with Gasteiger partial charge in [0.1, 0.15) is 0 Å². The average molecular weight is 159 g/mol. The highest BCUT2D eigenvalue weighted by Crippen LogP contribution is 1.86. The van der Waals surface area contributed by atoms with Crippen LogP contribution in [-0.4, -0.2) is 17.1 Å². The van der Waals surface area contributed by atoms with Crippen molar-refractivity contribution >= 4 is 12.0 Å². The molecule has 0 bridgehead atoms. The number of hydrogen-bond acceptors (Lipinski definition) is 3. The Bertz CT molecular complexity index is 199. The Hall–Kier alpha value is -1.72. The molecular formula is C5H9N3O3. The van der Waals surface area contributed by atoms with E-state index in [1.807, 2.05) is 5.43 Å². The van der Waals surface area contributed by atoms with Crippen LogP contribution in [-0.2, 0) is 4.79 Å². The minimum Gasteiger partial charge on any atom is -0.478 e. The van der Waals surface area contributed by atoms with Crippen LogP contribution in [0.1, 0.15) is 6.92 Å². The summed E-state index contributed by atoms with van der Waals surface area (Å²) in [6.07, 6.45) is 1.12. The fraction of sp³-hybridized carbons (Fsp3) is 0.200. The normalized spacial score (nSPS) is 10.5. The van der Waals surface area contributed by atoms with Crippen LogP contribution in [0.4, 0.5) is 4.79 Å². The number of carboxylic acids is 1. The molecule has 5 N–H and O–H groups in total. The van der Waals surface area contributed by atoms with Gasteiger partial charge < -0.3 is 16.3 Å². The molecule has 0 aromatic rings. The maximum atomic E-state index is 10.1. The molecule has 0 aliphatic rings. The standard InChI is InChI=1S/C5H9N3O3/c1-3(4(9)10)2-7-8-5(6)11/h2,7H,1H3,(H,9,10)(H3,6,8,11)/b3-2-. The Morgan fingerprint density at radius 2 is 2.09 bits per heavy atom. The van der Waals surface area contributed by atoms with Crippen molar-refractivity contribution < 1.29 is 14.7 Å². The van der Waals surface area contributed by atoms with Crippen molar-refractivity contribution in [1.82, 2.24) is 10.9 Å². The second kappa shape index (κ2) is 4.15. The first-order valence-electron chi connectivity index (χ1n) is 2.75. The zero-order valence-electron chi connectivity index (χ0n) is 5.92. The maximum absolute atomic E-state index is 10.1. The molecule has 11 heavy (non-hydrogen) atoms. The third-order valence-electron chi connectivity index (χ3n) is 0.821. The summed E-state index contributed by atoms with van der Waals surface area (Å²) in [4.78, 5) is 20.1. The number of amides is 2. The Morgan fingerprint density at radius 1 is 1.55 bits per heavy atom. The van der Waals surface area contributed by atoms with Crippen LogP contribution in [0.25, 0.3) is 0 Å². The molecule has 0 rings (SSSR count). The van der Waals surface area contributed by atoms with E-state index in [2.05, 4.69) is 11.2 Å². The van der Waals surface area contributed by atoms with Crippen LogP contribution < -0.4 is 16.6 Å². The molecule has 0 atom stereocenters. The van der Waals surface area contributed by atoms with E-state index in [0.717, 1.165) is 6.20 Å². The summed E-state index contributed by atoms with van der Waals surface area (Å²) in [6.45, 7) is 1.37. The van der Waals surface area contributed by atoms with Gasteiger partial charge in [-0.25, -0.2) is 9.59 Å². The van der Waals surface area contributed by atoms with Crippen LogP contribution in [0.3, 0.4) is 0 Å². The smallest absolute Gasteiger partial charge is 0.332 e. The molecule has 0 heterocycles. The number of urea groups is 1. The highest BCUT2D eigenvalue weighted by atomic mass is 16.4. The first-order chi connectivity index (χ1) is 5.04. The number of carbonyl (C=O) groups is 2. The summed E-state index contributed by atoms with van der Waals surface area (Å²) in [5.74, 6) is -1.07. The van der Waals surface area contributed by atoms with E-state index in [0.29, 0.717) is 0 Å². The molecule has 6 nitrogen and oxygen atoms in total. The number of nitrogens with two attached hydrogens (primary N) is 1. The molecule has 0 aromatic heterocycles. The lowest BCUT2D eigenvalue weighted by atomic mass is 10.3. The SMILES string of the molecule is C/C(=C/NNC(N)=O)C(=O)O. The molecule has 6 heteroatoms. The molecule has 0 aliphatic carbocycles. The largest absolute Gasteiger partial charge is 0.478 e. The minimum atomic E-state index is -1.07. The second-order valence-electron chi connectivity index (χ2n) is 1.77. The van der Waals surface area contributed by atoms with E-state index in [1.165, 1.54) is 6.92 Å². The fourth-order valence-electron chi connectivity index (χ4n) is 0.277. The predicted octanol–water partition coefficient (Wildman–Crippen LogP) is -0.852. The summed E-state index contributed by atoms with van der Waals surface area (Å²) >= 11 is 0. The zero-order chi connectivity index (χ0) is 8.85. The van der Waals surface area contributed by atoms with Crippen LogP contribution in [0.15, 0.2) is 11.8 Å². The average Bonchev–Trinajstić information content (AvgIpc) is 1.86. The fourth-order valence-corrected chi connectivity index (χ4v) is 0.277. The molecule has 0 spiro atoms. The van der Waals surface area contributed by atoms with E-state index in [1.54, 1.807) is 0 Å². The molecule has 0 aromatic carbocycles. The third-order valence-corrected chi connectivity index (χ3v) is 0.821. The molecule has 0 aliphatic heterocycles. The number of rotatable bonds is 3. The quantitative estimate of drug-likeness (QED) is 0.318. The van der Waals surface area contributed by atoms with Crippen molar-refractivity contribution in [3.63, 3.8) is 0 Å². The summed E-state index contributed by atoms with van der Waals surface area (Å²) in [5, 5.41) is 8.29. The summed E-state index contributed by atoms with van der Waals surface area (Å²) in [6, 6.07) is -0.778. The lowest BCUT2D eigenvalue weighted by Crippen LogP contribution is -2.38. The van der Waals surface area contributed by atoms with Gasteiger partial charge in [0.25, 0.3) is 0 Å². The second-order valence-corrected chi connectivity index (χ2v) is 1.77. The van der Waals surface area contributed by atoms with Crippen LogP contribution in [0.5, 0.6) is 0 Å². The van der Waals surface area contributed by atoms with Crippen molar-refractivity contribution in [3.8, 4) is 0 Å². The Kier molecular flexibility index (Phi) is 3.50. The van der Waals surface area contributed by atoms with E-state index >= 15 is 0 Å². The summed E-state index contributed by atoms with van der Waals surface area (Å²) in [5.41, 5.74) is 8.91. The van der Waals surface area contributed by atoms with E-state index in [4.69, 9.17) is 5.11 Å². The number of nitrogens with one attached hydrogen (secondary N) is 2. The lowest BCUT2D eigenvalue weighted by Gasteiger charge is -1.99. The molecule has 0 fully saturated rings. The summed E-state index contributed by atoms with van der Waals surface area (Å²) < 4.78 is 0. The minimum absolute atomic E-state index is 0.0683. The Balaban J connectivity index is 3.74. The molecule has 2 amide bonds. The van der Waals surface area contributed by atoms with Gasteiger partial charge in [-0.1, -0.05) is 0 Å². The van der Waals surface area contributed by atoms with Crippen molar-refractivity contribution in [2.75, 3.05) is 0 Å². The first-order valence-corrected chi connectivity index (χ1v) is 2.75. The molecule has 0 unspecified atom stereocenters. The van der Waals surface area contributed by atoms with Crippen LogP contribution in [0, 0.1) is 0 Å². The molecule has 0 radical (unpaired) electrons. The van der Waals surface area contributed by atoms with Crippen molar-refractivity contribution in [2.24, 2.45) is 5.73 Å². The van der Waals surface area contributed by atoms with Gasteiger partial charge in [-0.05, 0) is 6.92 Å². The van der Waals surface area contributed by atoms with Gasteiger partial charge >= 0.3 is 12.0 Å². The first kappa shape index (κ1) is 9.28. The number of carboxylic acid groups (broad SMARTS) is 1. The van der Waals surface area contributed by atoms with Gasteiger partial charge in [0, 0.05) is 6.20 Å². The lowest BCUT2D eigenvalue weighted by molar-refractivity contribution is -0.132. The Labute approximate surface area is 63.0 Å². The van der Waals surface area contributed by atoms with Crippen molar-refractivity contribution in [2.45, 2.75) is 6.92 Å². The van der Waals surface area contributed by atoms with Gasteiger partial charge in [-0.3, -0.25) is 5.43 Å². The topological polar surface area (TPSA) is 104 Å². The van der Waals surface area contributed by atoms with Gasteiger partial charge in [0.15, 0.2) is 0 Å².